The zero-order chi connectivity index (χ0) is 19.9. The highest BCUT2D eigenvalue weighted by atomic mass is 16.5. The Balaban J connectivity index is 1.77. The van der Waals surface area contributed by atoms with Gasteiger partial charge in [-0.05, 0) is 37.3 Å². The molecule has 7 nitrogen and oxygen atoms in total. The van der Waals surface area contributed by atoms with E-state index in [4.69, 9.17) is 0 Å². The summed E-state index contributed by atoms with van der Waals surface area (Å²) in [5.74, 6) is -0.458. The van der Waals surface area contributed by atoms with Crippen LogP contribution in [-0.2, 0) is 9.59 Å². The van der Waals surface area contributed by atoms with Gasteiger partial charge in [-0.25, -0.2) is 10.1 Å². The summed E-state index contributed by atoms with van der Waals surface area (Å²) in [5.41, 5.74) is 0.547. The van der Waals surface area contributed by atoms with Gasteiger partial charge in [0.2, 0.25) is 12.3 Å². The average molecular weight is 387 g/mol. The lowest BCUT2D eigenvalue weighted by Crippen LogP contribution is -2.55. The zero-order valence-corrected chi connectivity index (χ0v) is 16.2. The summed E-state index contributed by atoms with van der Waals surface area (Å²) in [6.45, 7) is 0.930. The largest absolute Gasteiger partial charge is 0.286 e. The van der Waals surface area contributed by atoms with E-state index >= 15 is 0 Å². The van der Waals surface area contributed by atoms with Gasteiger partial charge in [-0.2, -0.15) is 0 Å². The van der Waals surface area contributed by atoms with Crippen molar-refractivity contribution in [2.24, 2.45) is 11.8 Å². The van der Waals surface area contributed by atoms with Crippen LogP contribution in [0.5, 0.6) is 0 Å². The lowest BCUT2D eigenvalue weighted by molar-refractivity contribution is -0.164. The number of benzene rings is 1. The summed E-state index contributed by atoms with van der Waals surface area (Å²) in [6.07, 6.45) is 7.10. The molecule has 1 aromatic rings. The summed E-state index contributed by atoms with van der Waals surface area (Å²) in [6, 6.07) is 8.96. The van der Waals surface area contributed by atoms with Crippen LogP contribution in [-0.4, -0.2) is 58.1 Å². The van der Waals surface area contributed by atoms with Crippen molar-refractivity contribution in [1.82, 2.24) is 15.1 Å². The fourth-order valence-corrected chi connectivity index (χ4v) is 4.32. The van der Waals surface area contributed by atoms with Crippen molar-refractivity contribution in [2.75, 3.05) is 19.6 Å². The average Bonchev–Trinajstić information content (AvgIpc) is 3.26. The molecule has 1 aromatic carbocycles. The van der Waals surface area contributed by atoms with Crippen LogP contribution < -0.4 is 0 Å². The molecule has 1 saturated carbocycles. The molecule has 1 aliphatic carbocycles. The Bertz CT molecular complexity index is 675. The lowest BCUT2D eigenvalue weighted by Gasteiger charge is -2.40. The van der Waals surface area contributed by atoms with E-state index in [1.54, 1.807) is 24.3 Å². The van der Waals surface area contributed by atoms with Gasteiger partial charge in [-0.3, -0.25) is 24.6 Å². The highest BCUT2D eigenvalue weighted by molar-refractivity contribution is 5.95. The molecule has 0 spiro atoms. The number of amides is 3. The molecule has 0 aromatic heterocycles. The second-order valence-electron chi connectivity index (χ2n) is 7.77. The van der Waals surface area contributed by atoms with Crippen LogP contribution in [0.25, 0.3) is 0 Å². The maximum Gasteiger partial charge on any atom is 0.272 e. The number of hydrogen-bond donors (Lipinski definition) is 1. The Hall–Kier alpha value is -2.41. The minimum absolute atomic E-state index is 0.0390. The maximum atomic E-state index is 13.4. The van der Waals surface area contributed by atoms with E-state index in [-0.39, 0.29) is 18.4 Å². The third-order valence-electron chi connectivity index (χ3n) is 5.76. The van der Waals surface area contributed by atoms with Crippen LogP contribution in [0.3, 0.4) is 0 Å². The van der Waals surface area contributed by atoms with E-state index < -0.39 is 5.92 Å². The van der Waals surface area contributed by atoms with E-state index in [2.05, 4.69) is 0 Å². The number of carbonyl (C=O) groups excluding carboxylic acids is 3. The van der Waals surface area contributed by atoms with Gasteiger partial charge in [-0.15, -0.1) is 0 Å². The zero-order valence-electron chi connectivity index (χ0n) is 16.2. The fourth-order valence-electron chi connectivity index (χ4n) is 4.32. The van der Waals surface area contributed by atoms with Crippen molar-refractivity contribution in [3.05, 3.63) is 35.9 Å². The first-order valence-electron chi connectivity index (χ1n) is 10.2. The van der Waals surface area contributed by atoms with Crippen molar-refractivity contribution >= 4 is 18.2 Å². The summed E-state index contributed by atoms with van der Waals surface area (Å²) >= 11 is 0. The molecule has 0 bridgehead atoms. The first-order chi connectivity index (χ1) is 13.6. The Labute approximate surface area is 165 Å². The van der Waals surface area contributed by atoms with Gasteiger partial charge in [0.05, 0.1) is 12.5 Å². The first-order valence-corrected chi connectivity index (χ1v) is 10.2. The molecule has 2 fully saturated rings. The SMILES string of the molecule is O=CN(O)C[C@@H](CC1CCCC1)C(=O)N1CCCCN1C(=O)c1ccccc1. The summed E-state index contributed by atoms with van der Waals surface area (Å²) in [5, 5.41) is 13.3. The molecule has 3 rings (SSSR count). The van der Waals surface area contributed by atoms with Crippen LogP contribution in [0.1, 0.15) is 55.3 Å². The number of rotatable bonds is 7. The van der Waals surface area contributed by atoms with Gasteiger partial charge >= 0.3 is 0 Å². The molecule has 1 aliphatic heterocycles. The third-order valence-corrected chi connectivity index (χ3v) is 5.76. The van der Waals surface area contributed by atoms with Crippen LogP contribution in [0.4, 0.5) is 0 Å². The van der Waals surface area contributed by atoms with E-state index in [9.17, 15) is 19.6 Å². The van der Waals surface area contributed by atoms with Crippen molar-refractivity contribution in [2.45, 2.75) is 44.9 Å². The molecule has 3 amide bonds. The van der Waals surface area contributed by atoms with E-state index in [0.29, 0.717) is 42.5 Å². The molecule has 1 N–H and O–H groups in total. The number of hydroxylamine groups is 2. The Morgan fingerprint density at radius 2 is 1.71 bits per heavy atom. The predicted octanol–water partition coefficient (Wildman–Crippen LogP) is 2.71. The Morgan fingerprint density at radius 3 is 2.36 bits per heavy atom. The highest BCUT2D eigenvalue weighted by Gasteiger charge is 2.35. The second kappa shape index (κ2) is 9.68. The molecule has 1 heterocycles. The fraction of sp³-hybridized carbons (Fsp3) is 0.571. The smallest absolute Gasteiger partial charge is 0.272 e. The van der Waals surface area contributed by atoms with E-state index in [1.165, 1.54) is 10.0 Å². The monoisotopic (exact) mass is 387 g/mol. The van der Waals surface area contributed by atoms with Crippen molar-refractivity contribution < 1.29 is 19.6 Å². The maximum absolute atomic E-state index is 13.4. The minimum Gasteiger partial charge on any atom is -0.286 e. The third kappa shape index (κ3) is 4.90. The van der Waals surface area contributed by atoms with Crippen LogP contribution >= 0.6 is 0 Å². The first kappa shape index (κ1) is 20.3. The number of nitrogens with zero attached hydrogens (tertiary/aromatic N) is 3. The molecule has 0 unspecified atom stereocenters. The number of hydrogen-bond acceptors (Lipinski definition) is 4. The minimum atomic E-state index is -0.512. The molecular formula is C21H29N3O4. The molecule has 2 aliphatic rings. The van der Waals surface area contributed by atoms with Crippen molar-refractivity contribution in [3.8, 4) is 0 Å². The van der Waals surface area contributed by atoms with Gasteiger partial charge < -0.3 is 0 Å². The van der Waals surface area contributed by atoms with E-state index in [0.717, 1.165) is 38.5 Å². The lowest BCUT2D eigenvalue weighted by atomic mass is 9.92. The van der Waals surface area contributed by atoms with Gasteiger partial charge in [0.1, 0.15) is 0 Å². The van der Waals surface area contributed by atoms with Crippen LogP contribution in [0.2, 0.25) is 0 Å². The topological polar surface area (TPSA) is 81.2 Å². The molecule has 28 heavy (non-hydrogen) atoms. The molecule has 1 atom stereocenters. The van der Waals surface area contributed by atoms with Gasteiger partial charge in [0.25, 0.3) is 5.91 Å². The Morgan fingerprint density at radius 1 is 1.07 bits per heavy atom. The molecule has 1 saturated heterocycles. The highest BCUT2D eigenvalue weighted by Crippen LogP contribution is 2.32. The molecule has 152 valence electrons. The van der Waals surface area contributed by atoms with Gasteiger partial charge in [-0.1, -0.05) is 43.9 Å². The summed E-state index contributed by atoms with van der Waals surface area (Å²) in [7, 11) is 0. The van der Waals surface area contributed by atoms with Gasteiger partial charge in [0.15, 0.2) is 0 Å². The molecule has 7 heteroatoms. The van der Waals surface area contributed by atoms with E-state index in [1.807, 2.05) is 6.07 Å². The van der Waals surface area contributed by atoms with Crippen molar-refractivity contribution in [1.29, 1.82) is 0 Å². The number of hydrazine groups is 1. The van der Waals surface area contributed by atoms with Crippen LogP contribution in [0, 0.1) is 11.8 Å². The predicted molar refractivity (Wildman–Crippen MR) is 103 cm³/mol. The van der Waals surface area contributed by atoms with Crippen LogP contribution in [0.15, 0.2) is 30.3 Å². The molecule has 0 radical (unpaired) electrons. The molecular weight excluding hydrogens is 358 g/mol. The second-order valence-corrected chi connectivity index (χ2v) is 7.77. The quantitative estimate of drug-likeness (QED) is 0.443. The summed E-state index contributed by atoms with van der Waals surface area (Å²) in [4.78, 5) is 37.3. The Kier molecular flexibility index (Phi) is 7.03. The van der Waals surface area contributed by atoms with Crippen molar-refractivity contribution in [3.63, 3.8) is 0 Å². The number of carbonyl (C=O) groups is 3. The standard InChI is InChI=1S/C21H29N3O4/c25-16-22(28)15-19(14-17-8-4-5-9-17)21(27)24-13-7-6-12-23(24)20(26)18-10-2-1-3-11-18/h1-3,10-11,16-17,19,28H,4-9,12-15H2/t19-/m1/s1. The normalized spacial score (nSPS) is 18.8. The van der Waals surface area contributed by atoms with Gasteiger partial charge in [0, 0.05) is 18.7 Å². The summed E-state index contributed by atoms with van der Waals surface area (Å²) < 4.78 is 0.